The van der Waals surface area contributed by atoms with Crippen molar-refractivity contribution in [1.29, 1.82) is 0 Å². The van der Waals surface area contributed by atoms with E-state index in [4.69, 9.17) is 16.0 Å². The number of nitrogens with zero attached hydrogens (tertiary/aromatic N) is 1. The number of benzene rings is 1. The molecule has 1 aromatic heterocycles. The predicted molar refractivity (Wildman–Crippen MR) is 63.1 cm³/mol. The predicted octanol–water partition coefficient (Wildman–Crippen LogP) is 3.81. The Bertz CT molecular complexity index is 557. The molecule has 3 nitrogen and oxygen atoms in total. The Labute approximate surface area is 98.4 Å². The minimum Gasteiger partial charge on any atom is -0.440 e. The van der Waals surface area contributed by atoms with Crippen molar-refractivity contribution >= 4 is 28.5 Å². The van der Waals surface area contributed by atoms with E-state index in [0.29, 0.717) is 27.6 Å². The van der Waals surface area contributed by atoms with Crippen LogP contribution in [0.5, 0.6) is 0 Å². The van der Waals surface area contributed by atoms with Crippen LogP contribution in [0.3, 0.4) is 0 Å². The van der Waals surface area contributed by atoms with Crippen LogP contribution in [0.1, 0.15) is 42.9 Å². The van der Waals surface area contributed by atoms with Gasteiger partial charge in [0, 0.05) is 10.9 Å². The third-order valence-corrected chi connectivity index (χ3v) is 2.56. The van der Waals surface area contributed by atoms with Gasteiger partial charge in [-0.3, -0.25) is 4.79 Å². The first-order valence-corrected chi connectivity index (χ1v) is 5.47. The van der Waals surface area contributed by atoms with Gasteiger partial charge in [-0.1, -0.05) is 25.4 Å². The minimum absolute atomic E-state index is 0.0704. The summed E-state index contributed by atoms with van der Waals surface area (Å²) in [5.74, 6) is 0.740. The highest BCUT2D eigenvalue weighted by molar-refractivity contribution is 6.32. The van der Waals surface area contributed by atoms with Gasteiger partial charge in [-0.15, -0.1) is 0 Å². The Morgan fingerprint density at radius 1 is 1.44 bits per heavy atom. The molecule has 16 heavy (non-hydrogen) atoms. The van der Waals surface area contributed by atoms with Crippen LogP contribution in [0, 0.1) is 0 Å². The van der Waals surface area contributed by atoms with Crippen LogP contribution < -0.4 is 0 Å². The summed E-state index contributed by atoms with van der Waals surface area (Å²) in [4.78, 5) is 15.8. The molecule has 0 aliphatic carbocycles. The van der Waals surface area contributed by atoms with E-state index < -0.39 is 0 Å². The van der Waals surface area contributed by atoms with Crippen molar-refractivity contribution in [1.82, 2.24) is 4.98 Å². The van der Waals surface area contributed by atoms with Gasteiger partial charge in [-0.05, 0) is 19.1 Å². The van der Waals surface area contributed by atoms with Gasteiger partial charge < -0.3 is 4.42 Å². The molecule has 2 aromatic rings. The van der Waals surface area contributed by atoms with E-state index in [1.165, 1.54) is 6.92 Å². The van der Waals surface area contributed by atoms with Crippen molar-refractivity contribution in [2.24, 2.45) is 0 Å². The number of ketones is 1. The maximum absolute atomic E-state index is 11.4. The van der Waals surface area contributed by atoms with Crippen LogP contribution in [-0.2, 0) is 0 Å². The number of aromatic nitrogens is 1. The third-order valence-electron chi connectivity index (χ3n) is 2.34. The lowest BCUT2D eigenvalue weighted by atomic mass is 10.1. The summed E-state index contributed by atoms with van der Waals surface area (Å²) in [5, 5.41) is 0.501. The monoisotopic (exact) mass is 237 g/mol. The van der Waals surface area contributed by atoms with Gasteiger partial charge in [0.1, 0.15) is 5.52 Å². The number of oxazole rings is 1. The number of rotatable bonds is 2. The van der Waals surface area contributed by atoms with Crippen LogP contribution in [-0.4, -0.2) is 10.8 Å². The summed E-state index contributed by atoms with van der Waals surface area (Å²) < 4.78 is 5.59. The molecule has 0 amide bonds. The Balaban J connectivity index is 2.75. The third kappa shape index (κ3) is 1.83. The zero-order valence-electron chi connectivity index (χ0n) is 9.37. The van der Waals surface area contributed by atoms with Crippen LogP contribution in [0.4, 0.5) is 0 Å². The van der Waals surface area contributed by atoms with Crippen molar-refractivity contribution in [2.75, 3.05) is 0 Å². The molecule has 0 radical (unpaired) electrons. The summed E-state index contributed by atoms with van der Waals surface area (Å²) in [7, 11) is 0. The fourth-order valence-electron chi connectivity index (χ4n) is 1.52. The molecule has 0 unspecified atom stereocenters. The summed E-state index contributed by atoms with van der Waals surface area (Å²) in [6.45, 7) is 5.46. The molecule has 84 valence electrons. The molecule has 0 atom stereocenters. The van der Waals surface area contributed by atoms with Gasteiger partial charge in [-0.25, -0.2) is 4.98 Å². The quantitative estimate of drug-likeness (QED) is 0.746. The van der Waals surface area contributed by atoms with Gasteiger partial charge in [0.05, 0.1) is 5.56 Å². The number of fused-ring (bicyclic) bond motifs is 1. The van der Waals surface area contributed by atoms with Gasteiger partial charge in [0.25, 0.3) is 0 Å². The number of hydrogen-bond acceptors (Lipinski definition) is 3. The molecule has 1 aromatic carbocycles. The first-order valence-electron chi connectivity index (χ1n) is 5.10. The Kier molecular flexibility index (Phi) is 2.72. The van der Waals surface area contributed by atoms with Crippen LogP contribution in [0.2, 0.25) is 5.02 Å². The highest BCUT2D eigenvalue weighted by atomic mass is 35.5. The lowest BCUT2D eigenvalue weighted by Crippen LogP contribution is -1.92. The first kappa shape index (κ1) is 11.1. The van der Waals surface area contributed by atoms with E-state index in [2.05, 4.69) is 4.98 Å². The summed E-state index contributed by atoms with van der Waals surface area (Å²) >= 11 is 5.92. The molecule has 4 heteroatoms. The molecule has 0 spiro atoms. The smallest absolute Gasteiger partial charge is 0.198 e. The SMILES string of the molecule is CC(=O)c1cc(Cl)cc2nc(C(C)C)oc12. The molecule has 0 saturated heterocycles. The summed E-state index contributed by atoms with van der Waals surface area (Å²) in [6, 6.07) is 3.32. The number of hydrogen-bond donors (Lipinski definition) is 0. The number of carbonyl (C=O) groups is 1. The molecule has 0 aliphatic heterocycles. The molecule has 0 saturated carbocycles. The van der Waals surface area contributed by atoms with Crippen LogP contribution in [0.15, 0.2) is 16.5 Å². The van der Waals surface area contributed by atoms with Gasteiger partial charge >= 0.3 is 0 Å². The highest BCUT2D eigenvalue weighted by Crippen LogP contribution is 2.27. The number of halogens is 1. The van der Waals surface area contributed by atoms with Crippen molar-refractivity contribution in [3.05, 3.63) is 28.6 Å². The second kappa shape index (κ2) is 3.91. The largest absolute Gasteiger partial charge is 0.440 e. The lowest BCUT2D eigenvalue weighted by Gasteiger charge is -1.97. The molecular formula is C12H12ClNO2. The first-order chi connectivity index (χ1) is 7.49. The van der Waals surface area contributed by atoms with Gasteiger partial charge in [-0.2, -0.15) is 0 Å². The topological polar surface area (TPSA) is 43.1 Å². The van der Waals surface area contributed by atoms with E-state index in [1.807, 2.05) is 13.8 Å². The zero-order chi connectivity index (χ0) is 11.9. The average Bonchev–Trinajstić information content (AvgIpc) is 2.59. The van der Waals surface area contributed by atoms with Crippen molar-refractivity contribution < 1.29 is 9.21 Å². The second-order valence-electron chi connectivity index (χ2n) is 4.06. The van der Waals surface area contributed by atoms with E-state index in [-0.39, 0.29) is 11.7 Å². The van der Waals surface area contributed by atoms with E-state index in [0.717, 1.165) is 0 Å². The minimum atomic E-state index is -0.0704. The molecule has 0 aliphatic rings. The maximum atomic E-state index is 11.4. The Morgan fingerprint density at radius 2 is 2.12 bits per heavy atom. The van der Waals surface area contributed by atoms with Crippen LogP contribution in [0.25, 0.3) is 11.1 Å². The molecule has 0 fully saturated rings. The fourth-order valence-corrected chi connectivity index (χ4v) is 1.74. The van der Waals surface area contributed by atoms with Crippen LogP contribution >= 0.6 is 11.6 Å². The maximum Gasteiger partial charge on any atom is 0.198 e. The summed E-state index contributed by atoms with van der Waals surface area (Å²) in [5.41, 5.74) is 1.66. The normalized spacial score (nSPS) is 11.3. The molecular weight excluding hydrogens is 226 g/mol. The second-order valence-corrected chi connectivity index (χ2v) is 4.50. The molecule has 0 N–H and O–H groups in total. The number of Topliss-reactive ketones (excluding diaryl/α,β-unsaturated/α-hetero) is 1. The zero-order valence-corrected chi connectivity index (χ0v) is 10.1. The Morgan fingerprint density at radius 3 is 2.69 bits per heavy atom. The standard InChI is InChI=1S/C12H12ClNO2/c1-6(2)12-14-10-5-8(13)4-9(7(3)15)11(10)16-12/h4-6H,1-3H3. The lowest BCUT2D eigenvalue weighted by molar-refractivity contribution is 0.101. The van der Waals surface area contributed by atoms with Crippen molar-refractivity contribution in [2.45, 2.75) is 26.7 Å². The van der Waals surface area contributed by atoms with E-state index >= 15 is 0 Å². The van der Waals surface area contributed by atoms with E-state index in [1.54, 1.807) is 12.1 Å². The Hall–Kier alpha value is -1.35. The van der Waals surface area contributed by atoms with Crippen molar-refractivity contribution in [3.63, 3.8) is 0 Å². The molecule has 0 bridgehead atoms. The highest BCUT2D eigenvalue weighted by Gasteiger charge is 2.15. The van der Waals surface area contributed by atoms with E-state index in [9.17, 15) is 4.79 Å². The van der Waals surface area contributed by atoms with Crippen molar-refractivity contribution in [3.8, 4) is 0 Å². The molecule has 2 rings (SSSR count). The fraction of sp³-hybridized carbons (Fsp3) is 0.333. The average molecular weight is 238 g/mol. The van der Waals surface area contributed by atoms with Gasteiger partial charge in [0.15, 0.2) is 17.3 Å². The number of carbonyl (C=O) groups excluding carboxylic acids is 1. The van der Waals surface area contributed by atoms with Gasteiger partial charge in [0.2, 0.25) is 0 Å². The summed E-state index contributed by atoms with van der Waals surface area (Å²) in [6.07, 6.45) is 0. The molecule has 1 heterocycles.